The van der Waals surface area contributed by atoms with Gasteiger partial charge in [0.1, 0.15) is 0 Å². The third kappa shape index (κ3) is 5.69. The predicted molar refractivity (Wildman–Crippen MR) is 88.2 cm³/mol. The Bertz CT molecular complexity index is 238. The summed E-state index contributed by atoms with van der Waals surface area (Å²) >= 11 is -2.08. The molecule has 0 amide bonds. The first-order valence-electron chi connectivity index (χ1n) is 8.60. The van der Waals surface area contributed by atoms with E-state index in [1.54, 1.807) is 13.3 Å². The number of hydrogen-bond donors (Lipinski definition) is 0. The van der Waals surface area contributed by atoms with Gasteiger partial charge in [0.05, 0.1) is 0 Å². The molecule has 1 heterocycles. The summed E-state index contributed by atoms with van der Waals surface area (Å²) in [7, 11) is 0. The number of ether oxygens (including phenoxy) is 1. The monoisotopic (exact) mass is 374 g/mol. The maximum atomic E-state index is 5.72. The molecular formula is C17H34OSn. The van der Waals surface area contributed by atoms with Crippen molar-refractivity contribution in [3.63, 3.8) is 0 Å². The minimum absolute atomic E-state index is 0.959. The summed E-state index contributed by atoms with van der Waals surface area (Å²) in [6, 6.07) is 0. The zero-order valence-electron chi connectivity index (χ0n) is 13.5. The van der Waals surface area contributed by atoms with Crippen molar-refractivity contribution in [3.8, 4) is 0 Å². The summed E-state index contributed by atoms with van der Waals surface area (Å²) in [6.45, 7) is 8.01. The molecule has 1 nitrogen and oxygen atoms in total. The van der Waals surface area contributed by atoms with Gasteiger partial charge in [-0.1, -0.05) is 0 Å². The van der Waals surface area contributed by atoms with E-state index in [4.69, 9.17) is 4.74 Å². The Kier molecular flexibility index (Phi) is 9.26. The van der Waals surface area contributed by atoms with E-state index in [9.17, 15) is 0 Å². The van der Waals surface area contributed by atoms with Crippen LogP contribution in [0.2, 0.25) is 13.3 Å². The first kappa shape index (κ1) is 17.4. The van der Waals surface area contributed by atoms with E-state index in [-0.39, 0.29) is 0 Å². The third-order valence-corrected chi connectivity index (χ3v) is 20.8. The Morgan fingerprint density at radius 2 is 1.47 bits per heavy atom. The Hall–Kier alpha value is 0.339. The molecule has 0 spiro atoms. The Balaban J connectivity index is 2.82. The van der Waals surface area contributed by atoms with Crippen molar-refractivity contribution in [1.29, 1.82) is 0 Å². The van der Waals surface area contributed by atoms with Crippen molar-refractivity contribution < 1.29 is 4.74 Å². The molecule has 0 aromatic rings. The van der Waals surface area contributed by atoms with Gasteiger partial charge >= 0.3 is 125 Å². The summed E-state index contributed by atoms with van der Waals surface area (Å²) in [5, 5.41) is 0. The quantitative estimate of drug-likeness (QED) is 0.423. The molecule has 0 aliphatic carbocycles. The van der Waals surface area contributed by atoms with E-state index in [1.165, 1.54) is 51.4 Å². The van der Waals surface area contributed by atoms with Gasteiger partial charge in [-0.2, -0.15) is 0 Å². The van der Waals surface area contributed by atoms with Gasteiger partial charge < -0.3 is 0 Å². The topological polar surface area (TPSA) is 9.23 Å². The fourth-order valence-electron chi connectivity index (χ4n) is 3.36. The van der Waals surface area contributed by atoms with Crippen LogP contribution in [0.4, 0.5) is 0 Å². The van der Waals surface area contributed by atoms with Crippen LogP contribution in [0.5, 0.6) is 0 Å². The van der Waals surface area contributed by atoms with Gasteiger partial charge in [-0.05, 0) is 0 Å². The molecule has 0 fully saturated rings. The van der Waals surface area contributed by atoms with Crippen LogP contribution < -0.4 is 0 Å². The number of rotatable bonds is 10. The molecule has 0 N–H and O–H groups in total. The first-order valence-corrected chi connectivity index (χ1v) is 16.1. The molecule has 1 rings (SSSR count). The fraction of sp³-hybridized carbons (Fsp3) is 0.882. The van der Waals surface area contributed by atoms with Gasteiger partial charge in [0.2, 0.25) is 0 Å². The van der Waals surface area contributed by atoms with Crippen LogP contribution in [0.3, 0.4) is 0 Å². The third-order valence-electron chi connectivity index (χ3n) is 4.64. The molecule has 0 bridgehead atoms. The molecule has 112 valence electrons. The average Bonchev–Trinajstić information content (AvgIpc) is 2.48. The van der Waals surface area contributed by atoms with Crippen LogP contribution in [-0.2, 0) is 4.74 Å². The average molecular weight is 373 g/mol. The van der Waals surface area contributed by atoms with Crippen molar-refractivity contribution in [2.75, 3.05) is 6.61 Å². The van der Waals surface area contributed by atoms with Crippen LogP contribution in [0.25, 0.3) is 0 Å². The molecule has 2 heteroatoms. The number of allylic oxidation sites excluding steroid dienone is 1. The van der Waals surface area contributed by atoms with E-state index in [1.807, 2.05) is 3.59 Å². The van der Waals surface area contributed by atoms with Crippen LogP contribution in [0.15, 0.2) is 9.85 Å². The van der Waals surface area contributed by atoms with Crippen molar-refractivity contribution in [2.45, 2.75) is 85.4 Å². The molecule has 19 heavy (non-hydrogen) atoms. The van der Waals surface area contributed by atoms with Gasteiger partial charge in [-0.3, -0.25) is 0 Å². The maximum absolute atomic E-state index is 5.72. The SMILES string of the molecule is CCC[CH2][Sn]([CH2]CCC)([CH2]CCC)[C]1=COCCC1. The standard InChI is InChI=1S/C5H7O.3C4H9.Sn/c1-2-4-6-5-3-1;3*1-3-4-2;/h5H,1-2,4H2;3*1,3-4H2,2H3;. The molecule has 0 atom stereocenters. The zero-order valence-corrected chi connectivity index (χ0v) is 16.3. The van der Waals surface area contributed by atoms with Crippen LogP contribution >= 0.6 is 0 Å². The molecule has 1 aliphatic heterocycles. The second-order valence-corrected chi connectivity index (χ2v) is 19.6. The summed E-state index contributed by atoms with van der Waals surface area (Å²) < 4.78 is 12.3. The zero-order chi connectivity index (χ0) is 14.0. The fourth-order valence-corrected chi connectivity index (χ4v) is 20.0. The van der Waals surface area contributed by atoms with Crippen molar-refractivity contribution in [2.24, 2.45) is 0 Å². The molecule has 0 aromatic heterocycles. The Morgan fingerprint density at radius 1 is 0.947 bits per heavy atom. The summed E-state index contributed by atoms with van der Waals surface area (Å²) in [6.07, 6.45) is 13.3. The summed E-state index contributed by atoms with van der Waals surface area (Å²) in [4.78, 5) is 0. The van der Waals surface area contributed by atoms with Crippen molar-refractivity contribution in [1.82, 2.24) is 0 Å². The molecule has 0 unspecified atom stereocenters. The number of hydrogen-bond acceptors (Lipinski definition) is 1. The van der Waals surface area contributed by atoms with Crippen molar-refractivity contribution in [3.05, 3.63) is 9.85 Å². The van der Waals surface area contributed by atoms with E-state index in [0.29, 0.717) is 0 Å². The van der Waals surface area contributed by atoms with Crippen LogP contribution in [-0.4, -0.2) is 25.0 Å². The van der Waals surface area contributed by atoms with E-state index in [2.05, 4.69) is 27.0 Å². The summed E-state index contributed by atoms with van der Waals surface area (Å²) in [5.74, 6) is 0. The van der Waals surface area contributed by atoms with Crippen LogP contribution in [0.1, 0.15) is 72.1 Å². The number of unbranched alkanes of at least 4 members (excludes halogenated alkanes) is 3. The normalized spacial score (nSPS) is 16.1. The van der Waals surface area contributed by atoms with Crippen LogP contribution in [0, 0.1) is 0 Å². The van der Waals surface area contributed by atoms with Crippen molar-refractivity contribution >= 4 is 18.4 Å². The predicted octanol–water partition coefficient (Wildman–Crippen LogP) is 6.07. The molecule has 0 saturated heterocycles. The second-order valence-electron chi connectivity index (χ2n) is 6.21. The van der Waals surface area contributed by atoms with Gasteiger partial charge in [-0.15, -0.1) is 0 Å². The molecule has 0 radical (unpaired) electrons. The Labute approximate surface area is 125 Å². The molecular weight excluding hydrogens is 339 g/mol. The molecule has 1 aliphatic rings. The minimum atomic E-state index is -2.08. The van der Waals surface area contributed by atoms with E-state index < -0.39 is 18.4 Å². The first-order chi connectivity index (χ1) is 9.29. The molecule has 0 saturated carbocycles. The van der Waals surface area contributed by atoms with Gasteiger partial charge in [0, 0.05) is 0 Å². The Morgan fingerprint density at radius 3 is 1.84 bits per heavy atom. The second kappa shape index (κ2) is 10.1. The van der Waals surface area contributed by atoms with E-state index >= 15 is 0 Å². The van der Waals surface area contributed by atoms with Gasteiger partial charge in [-0.25, -0.2) is 0 Å². The van der Waals surface area contributed by atoms with Gasteiger partial charge in [0.25, 0.3) is 0 Å². The molecule has 0 aromatic carbocycles. The summed E-state index contributed by atoms with van der Waals surface area (Å²) in [5.41, 5.74) is 0. The van der Waals surface area contributed by atoms with E-state index in [0.717, 1.165) is 6.61 Å². The van der Waals surface area contributed by atoms with Gasteiger partial charge in [0.15, 0.2) is 0 Å².